The molecule has 0 radical (unpaired) electrons. The number of hydrogen-bond acceptors (Lipinski definition) is 10. The quantitative estimate of drug-likeness (QED) is 0.175. The second-order valence-corrected chi connectivity index (χ2v) is 8.60. The van der Waals surface area contributed by atoms with Crippen molar-refractivity contribution >= 4 is 35.6 Å². The summed E-state index contributed by atoms with van der Waals surface area (Å²) < 4.78 is 36.9. The van der Waals surface area contributed by atoms with Gasteiger partial charge in [0.1, 0.15) is 18.7 Å². The number of aliphatic carboxylic acids is 3. The van der Waals surface area contributed by atoms with Crippen molar-refractivity contribution in [3.63, 3.8) is 0 Å². The van der Waals surface area contributed by atoms with Gasteiger partial charge in [0, 0.05) is 6.54 Å². The Hall–Kier alpha value is -2.92. The van der Waals surface area contributed by atoms with Gasteiger partial charge in [-0.25, -0.2) is 4.79 Å². The predicted octanol–water partition coefficient (Wildman–Crippen LogP) is 1.26. The van der Waals surface area contributed by atoms with E-state index in [0.717, 1.165) is 31.0 Å². The molecule has 2 unspecified atom stereocenters. The number of carbonyl (C=O) groups is 4. The van der Waals surface area contributed by atoms with Crippen LogP contribution in [0.15, 0.2) is 30.3 Å². The molecule has 0 aliphatic heterocycles. The second-order valence-electron chi connectivity index (χ2n) is 7.62. The van der Waals surface area contributed by atoms with Crippen molar-refractivity contribution < 1.29 is 52.4 Å². The molecule has 0 amide bonds. The molecule has 0 bridgehead atoms. The monoisotopic (exact) mass is 602 g/mol. The summed E-state index contributed by atoms with van der Waals surface area (Å²) in [6.07, 6.45) is -2.01. The fourth-order valence-electron chi connectivity index (χ4n) is 2.24. The molecule has 0 fully saturated rings. The summed E-state index contributed by atoms with van der Waals surface area (Å²) in [6, 6.07) is 8.08. The normalized spacial score (nSPS) is 11.8. The minimum Gasteiger partial charge on any atom is -0.480 e. The molecule has 9 N–H and O–H groups in total. The van der Waals surface area contributed by atoms with Crippen LogP contribution in [-0.4, -0.2) is 107 Å². The van der Waals surface area contributed by atoms with Crippen LogP contribution in [0.2, 0.25) is 0 Å². The highest BCUT2D eigenvalue weighted by molar-refractivity contribution is 7.98. The number of nitrogens with zero attached hydrogens (tertiary/aromatic N) is 1. The van der Waals surface area contributed by atoms with Gasteiger partial charge < -0.3 is 42.2 Å². The first-order valence-corrected chi connectivity index (χ1v) is 13.3. The summed E-state index contributed by atoms with van der Waals surface area (Å²) in [4.78, 5) is 42.2. The maximum atomic E-state index is 11.4. The summed E-state index contributed by atoms with van der Waals surface area (Å²) in [7, 11) is 0. The van der Waals surface area contributed by atoms with Crippen LogP contribution in [0.4, 0.5) is 13.2 Å². The van der Waals surface area contributed by atoms with Crippen LogP contribution in [0.25, 0.3) is 0 Å². The Morgan fingerprint density at radius 1 is 1.00 bits per heavy atom. The van der Waals surface area contributed by atoms with E-state index in [1.54, 1.807) is 11.8 Å². The van der Waals surface area contributed by atoms with Crippen molar-refractivity contribution in [3.8, 4) is 0 Å². The van der Waals surface area contributed by atoms with Crippen LogP contribution >= 0.6 is 11.8 Å². The zero-order chi connectivity index (χ0) is 31.7. The Balaban J connectivity index is -0.000000499. The number of hydrogen-bond donors (Lipinski definition) is 6. The largest absolute Gasteiger partial charge is 0.490 e. The molecule has 1 rings (SSSR count). The summed E-state index contributed by atoms with van der Waals surface area (Å²) in [6.45, 7) is 7.09. The molecule has 0 heterocycles. The number of carboxylic acid groups (broad SMARTS) is 3. The molecular weight excluding hydrogens is 561 g/mol. The molecule has 2 atom stereocenters. The molecule has 0 aromatic heterocycles. The highest BCUT2D eigenvalue weighted by Gasteiger charge is 2.38. The summed E-state index contributed by atoms with van der Waals surface area (Å²) in [5.41, 5.74) is 16.6. The lowest BCUT2D eigenvalue weighted by molar-refractivity contribution is -0.192. The molecule has 1 aromatic rings. The standard InChI is InChI=1S/C11H24N2O2S.C9H11NO2.C2HF3O2.C2H5NO2/c1-4-13(5-2)7-8-15-11(14)10(12)6-9-16-3;10-8(9(11)12)6-7-4-2-1-3-5-7;3-2(4,5)1(6)7;3-1-2(4)5/h10H,4-9,12H2,1-3H3;1-5,8H,6,10H2,(H,11,12);(H,6,7);1,3H2,(H,4,5). The zero-order valence-corrected chi connectivity index (χ0v) is 23.6. The van der Waals surface area contributed by atoms with E-state index in [9.17, 15) is 27.6 Å². The molecule has 232 valence electrons. The van der Waals surface area contributed by atoms with Crippen molar-refractivity contribution in [2.24, 2.45) is 17.2 Å². The maximum Gasteiger partial charge on any atom is 0.490 e. The minimum absolute atomic E-state index is 0.277. The van der Waals surface area contributed by atoms with Crippen LogP contribution in [-0.2, 0) is 30.3 Å². The summed E-state index contributed by atoms with van der Waals surface area (Å²) in [5.74, 6) is -4.07. The van der Waals surface area contributed by atoms with Gasteiger partial charge in [0.05, 0.1) is 6.54 Å². The molecular formula is C24H41F3N4O8S. The molecule has 0 aliphatic carbocycles. The average molecular weight is 603 g/mol. The lowest BCUT2D eigenvalue weighted by Gasteiger charge is -2.18. The average Bonchev–Trinajstić information content (AvgIpc) is 2.90. The van der Waals surface area contributed by atoms with E-state index >= 15 is 0 Å². The highest BCUT2D eigenvalue weighted by atomic mass is 32.2. The lowest BCUT2D eigenvalue weighted by Crippen LogP contribution is -2.35. The Morgan fingerprint density at radius 3 is 1.82 bits per heavy atom. The Kier molecular flexibility index (Phi) is 26.1. The van der Waals surface area contributed by atoms with Crippen LogP contribution in [0.5, 0.6) is 0 Å². The number of ether oxygens (including phenoxy) is 1. The SMILES string of the molecule is CCN(CC)CCOC(=O)C(N)CCSC.NC(Cc1ccccc1)C(=O)O.NCC(=O)O.O=C(O)C(F)(F)F. The van der Waals surface area contributed by atoms with E-state index in [4.69, 9.17) is 36.3 Å². The Bertz CT molecular complexity index is 832. The van der Waals surface area contributed by atoms with Gasteiger partial charge in [-0.05, 0) is 43.5 Å². The van der Waals surface area contributed by atoms with Crippen molar-refractivity contribution in [2.75, 3.05) is 44.8 Å². The van der Waals surface area contributed by atoms with E-state index in [-0.39, 0.29) is 12.5 Å². The topological polar surface area (TPSA) is 219 Å². The molecule has 0 aliphatic rings. The van der Waals surface area contributed by atoms with Crippen molar-refractivity contribution in [1.82, 2.24) is 4.90 Å². The zero-order valence-electron chi connectivity index (χ0n) is 22.8. The third-order valence-corrected chi connectivity index (χ3v) is 5.16. The Morgan fingerprint density at radius 2 is 1.48 bits per heavy atom. The smallest absolute Gasteiger partial charge is 0.480 e. The predicted molar refractivity (Wildman–Crippen MR) is 146 cm³/mol. The van der Waals surface area contributed by atoms with Gasteiger partial charge in [-0.2, -0.15) is 24.9 Å². The molecule has 0 saturated heterocycles. The number of nitrogens with two attached hydrogens (primary N) is 3. The van der Waals surface area contributed by atoms with Gasteiger partial charge in [-0.1, -0.05) is 44.2 Å². The number of carbonyl (C=O) groups excluding carboxylic acids is 1. The van der Waals surface area contributed by atoms with Gasteiger partial charge in [0.2, 0.25) is 0 Å². The number of esters is 1. The Labute approximate surface area is 236 Å². The molecule has 40 heavy (non-hydrogen) atoms. The molecule has 12 nitrogen and oxygen atoms in total. The summed E-state index contributed by atoms with van der Waals surface area (Å²) >= 11 is 1.69. The van der Waals surface area contributed by atoms with Crippen LogP contribution in [0.1, 0.15) is 25.8 Å². The number of halogens is 3. The van der Waals surface area contributed by atoms with E-state index in [1.165, 1.54) is 0 Å². The first kappa shape index (κ1) is 41.6. The van der Waals surface area contributed by atoms with E-state index < -0.39 is 36.2 Å². The molecule has 0 saturated carbocycles. The van der Waals surface area contributed by atoms with Gasteiger partial charge >= 0.3 is 30.1 Å². The van der Waals surface area contributed by atoms with Crippen molar-refractivity contribution in [3.05, 3.63) is 35.9 Å². The summed E-state index contributed by atoms with van der Waals surface area (Å²) in [5, 5.41) is 23.2. The van der Waals surface area contributed by atoms with Gasteiger partial charge in [0.25, 0.3) is 0 Å². The van der Waals surface area contributed by atoms with Crippen molar-refractivity contribution in [2.45, 2.75) is 44.9 Å². The van der Waals surface area contributed by atoms with Gasteiger partial charge in [0.15, 0.2) is 0 Å². The van der Waals surface area contributed by atoms with E-state index in [2.05, 4.69) is 24.5 Å². The molecule has 0 spiro atoms. The fourth-order valence-corrected chi connectivity index (χ4v) is 2.73. The number of likely N-dealkylation sites (N-methyl/N-ethyl adjacent to an activating group) is 1. The number of alkyl halides is 3. The number of carboxylic acids is 3. The van der Waals surface area contributed by atoms with Crippen LogP contribution in [0, 0.1) is 0 Å². The van der Waals surface area contributed by atoms with Crippen molar-refractivity contribution in [1.29, 1.82) is 0 Å². The maximum absolute atomic E-state index is 11.4. The van der Waals surface area contributed by atoms with Gasteiger partial charge in [-0.15, -0.1) is 0 Å². The highest BCUT2D eigenvalue weighted by Crippen LogP contribution is 2.13. The third-order valence-electron chi connectivity index (χ3n) is 4.51. The first-order valence-electron chi connectivity index (χ1n) is 11.9. The lowest BCUT2D eigenvalue weighted by atomic mass is 10.1. The second kappa shape index (κ2) is 25.1. The van der Waals surface area contributed by atoms with Crippen LogP contribution in [0.3, 0.4) is 0 Å². The van der Waals surface area contributed by atoms with E-state index in [1.807, 2.05) is 36.6 Å². The van der Waals surface area contributed by atoms with Gasteiger partial charge in [-0.3, -0.25) is 14.4 Å². The van der Waals surface area contributed by atoms with E-state index in [0.29, 0.717) is 19.4 Å². The number of benzene rings is 1. The molecule has 1 aromatic carbocycles. The first-order chi connectivity index (χ1) is 18.6. The number of thioether (sulfide) groups is 1. The molecule has 16 heteroatoms. The third kappa shape index (κ3) is 26.7. The van der Waals surface area contributed by atoms with Crippen LogP contribution < -0.4 is 17.2 Å². The minimum atomic E-state index is -5.08. The fraction of sp³-hybridized carbons (Fsp3) is 0.583. The number of rotatable bonds is 13.